The maximum atomic E-state index is 10.6. The van der Waals surface area contributed by atoms with Crippen LogP contribution >= 0.6 is 11.3 Å². The molecule has 0 bridgehead atoms. The maximum absolute atomic E-state index is 10.6. The first kappa shape index (κ1) is 9.00. The smallest absolute Gasteiger partial charge is 0.331 e. The number of thiophene rings is 1. The van der Waals surface area contributed by atoms with Crippen molar-refractivity contribution in [2.24, 2.45) is 0 Å². The normalized spacial score (nSPS) is 11.6. The first-order chi connectivity index (χ1) is 5.74. The van der Waals surface area contributed by atoms with E-state index in [0.29, 0.717) is 12.0 Å². The lowest BCUT2D eigenvalue weighted by Gasteiger charge is -1.94. The van der Waals surface area contributed by atoms with Crippen molar-refractivity contribution in [2.45, 2.75) is 13.3 Å². The second-order valence-electron chi connectivity index (χ2n) is 2.34. The molecule has 0 aromatic carbocycles. The van der Waals surface area contributed by atoms with Gasteiger partial charge < -0.3 is 5.11 Å². The van der Waals surface area contributed by atoms with Crippen molar-refractivity contribution in [3.8, 4) is 0 Å². The molecule has 12 heavy (non-hydrogen) atoms. The van der Waals surface area contributed by atoms with E-state index in [9.17, 15) is 4.79 Å². The number of aliphatic carboxylic acids is 1. The fraction of sp³-hybridized carbons (Fsp3) is 0.222. The molecule has 0 aliphatic carbocycles. The quantitative estimate of drug-likeness (QED) is 0.729. The van der Waals surface area contributed by atoms with E-state index in [1.54, 1.807) is 17.4 Å². The summed E-state index contributed by atoms with van der Waals surface area (Å²) in [5.41, 5.74) is 0.456. The first-order valence-corrected chi connectivity index (χ1v) is 4.59. The molecule has 0 atom stereocenters. The summed E-state index contributed by atoms with van der Waals surface area (Å²) in [6, 6.07) is 3.81. The van der Waals surface area contributed by atoms with Gasteiger partial charge in [0.05, 0.1) is 0 Å². The molecule has 1 N–H and O–H groups in total. The number of rotatable bonds is 3. The van der Waals surface area contributed by atoms with Crippen molar-refractivity contribution in [3.05, 3.63) is 28.0 Å². The standard InChI is InChI=1S/C9H10O2S/c1-2-7(9(10)11)6-8-4-3-5-12-8/h3-6H,2H2,1H3,(H,10,11). The Balaban J connectivity index is 2.85. The summed E-state index contributed by atoms with van der Waals surface area (Å²) in [5, 5.41) is 10.6. The average molecular weight is 182 g/mol. The number of carboxylic acids is 1. The van der Waals surface area contributed by atoms with Crippen molar-refractivity contribution in [2.75, 3.05) is 0 Å². The van der Waals surface area contributed by atoms with Gasteiger partial charge in [0, 0.05) is 10.5 Å². The third-order valence-corrected chi connectivity index (χ3v) is 2.33. The predicted molar refractivity (Wildman–Crippen MR) is 50.2 cm³/mol. The molecular weight excluding hydrogens is 172 g/mol. The summed E-state index contributed by atoms with van der Waals surface area (Å²) in [7, 11) is 0. The molecule has 0 aliphatic heterocycles. The van der Waals surface area contributed by atoms with Gasteiger partial charge in [0.2, 0.25) is 0 Å². The summed E-state index contributed by atoms with van der Waals surface area (Å²) >= 11 is 1.54. The Kier molecular flexibility index (Phi) is 3.05. The van der Waals surface area contributed by atoms with Crippen LogP contribution in [0, 0.1) is 0 Å². The van der Waals surface area contributed by atoms with Crippen LogP contribution in [0.2, 0.25) is 0 Å². The average Bonchev–Trinajstić information content (AvgIpc) is 2.51. The second kappa shape index (κ2) is 4.07. The maximum Gasteiger partial charge on any atom is 0.331 e. The van der Waals surface area contributed by atoms with E-state index < -0.39 is 5.97 Å². The molecule has 0 amide bonds. The number of hydrogen-bond donors (Lipinski definition) is 1. The summed E-state index contributed by atoms with van der Waals surface area (Å²) in [5.74, 6) is -0.828. The van der Waals surface area contributed by atoms with Crippen LogP contribution in [-0.4, -0.2) is 11.1 Å². The number of carbonyl (C=O) groups is 1. The molecule has 3 heteroatoms. The highest BCUT2D eigenvalue weighted by Gasteiger charge is 2.03. The highest BCUT2D eigenvalue weighted by Crippen LogP contribution is 2.14. The molecule has 0 fully saturated rings. The zero-order valence-electron chi connectivity index (χ0n) is 6.78. The third kappa shape index (κ3) is 2.20. The lowest BCUT2D eigenvalue weighted by molar-refractivity contribution is -0.132. The highest BCUT2D eigenvalue weighted by atomic mass is 32.1. The zero-order chi connectivity index (χ0) is 8.97. The van der Waals surface area contributed by atoms with E-state index in [1.165, 1.54) is 0 Å². The molecule has 0 saturated heterocycles. The van der Waals surface area contributed by atoms with Gasteiger partial charge in [-0.2, -0.15) is 0 Å². The van der Waals surface area contributed by atoms with E-state index in [0.717, 1.165) is 4.88 Å². The molecule has 0 radical (unpaired) electrons. The van der Waals surface area contributed by atoms with Crippen LogP contribution in [0.1, 0.15) is 18.2 Å². The molecule has 1 rings (SSSR count). The van der Waals surface area contributed by atoms with Gasteiger partial charge in [-0.05, 0) is 23.9 Å². The largest absolute Gasteiger partial charge is 0.478 e. The molecule has 0 spiro atoms. The second-order valence-corrected chi connectivity index (χ2v) is 3.32. The third-order valence-electron chi connectivity index (χ3n) is 1.52. The lowest BCUT2D eigenvalue weighted by atomic mass is 10.2. The predicted octanol–water partition coefficient (Wildman–Crippen LogP) is 2.63. The molecule has 64 valence electrons. The van der Waals surface area contributed by atoms with E-state index >= 15 is 0 Å². The first-order valence-electron chi connectivity index (χ1n) is 3.71. The summed E-state index contributed by atoms with van der Waals surface area (Å²) in [4.78, 5) is 11.6. The van der Waals surface area contributed by atoms with E-state index in [4.69, 9.17) is 5.11 Å². The van der Waals surface area contributed by atoms with E-state index in [2.05, 4.69) is 0 Å². The molecule has 0 aliphatic rings. The summed E-state index contributed by atoms with van der Waals surface area (Å²) in [6.45, 7) is 1.84. The molecule has 0 saturated carbocycles. The molecule has 1 aromatic heterocycles. The minimum atomic E-state index is -0.828. The Bertz CT molecular complexity index is 285. The summed E-state index contributed by atoms with van der Waals surface area (Å²) in [6.07, 6.45) is 2.28. The van der Waals surface area contributed by atoms with E-state index in [-0.39, 0.29) is 0 Å². The van der Waals surface area contributed by atoms with Gasteiger partial charge in [-0.25, -0.2) is 4.79 Å². The Labute approximate surface area is 75.2 Å². The van der Waals surface area contributed by atoms with Gasteiger partial charge in [-0.15, -0.1) is 11.3 Å². The molecule has 2 nitrogen and oxygen atoms in total. The monoisotopic (exact) mass is 182 g/mol. The minimum Gasteiger partial charge on any atom is -0.478 e. The molecule has 1 aromatic rings. The highest BCUT2D eigenvalue weighted by molar-refractivity contribution is 7.10. The van der Waals surface area contributed by atoms with Gasteiger partial charge >= 0.3 is 5.97 Å². The molecule has 1 heterocycles. The fourth-order valence-electron chi connectivity index (χ4n) is 0.860. The Hall–Kier alpha value is -1.09. The molecular formula is C9H10O2S. The minimum absolute atomic E-state index is 0.456. The lowest BCUT2D eigenvalue weighted by Crippen LogP contribution is -1.97. The van der Waals surface area contributed by atoms with Crippen molar-refractivity contribution in [1.82, 2.24) is 0 Å². The van der Waals surface area contributed by atoms with Gasteiger partial charge in [-0.1, -0.05) is 13.0 Å². The van der Waals surface area contributed by atoms with Crippen LogP contribution in [0.25, 0.3) is 6.08 Å². The van der Waals surface area contributed by atoms with Gasteiger partial charge in [0.25, 0.3) is 0 Å². The zero-order valence-corrected chi connectivity index (χ0v) is 7.60. The van der Waals surface area contributed by atoms with Crippen LogP contribution in [0.15, 0.2) is 23.1 Å². The summed E-state index contributed by atoms with van der Waals surface area (Å²) < 4.78 is 0. The Morgan fingerprint density at radius 1 is 1.75 bits per heavy atom. The van der Waals surface area contributed by atoms with Crippen LogP contribution in [0.3, 0.4) is 0 Å². The van der Waals surface area contributed by atoms with Crippen molar-refractivity contribution in [1.29, 1.82) is 0 Å². The van der Waals surface area contributed by atoms with Crippen molar-refractivity contribution >= 4 is 23.4 Å². The van der Waals surface area contributed by atoms with Gasteiger partial charge in [0.1, 0.15) is 0 Å². The Morgan fingerprint density at radius 3 is 2.92 bits per heavy atom. The topological polar surface area (TPSA) is 37.3 Å². The molecule has 0 unspecified atom stereocenters. The van der Waals surface area contributed by atoms with Gasteiger partial charge in [-0.3, -0.25) is 0 Å². The van der Waals surface area contributed by atoms with Gasteiger partial charge in [0.15, 0.2) is 0 Å². The fourth-order valence-corrected chi connectivity index (χ4v) is 1.54. The van der Waals surface area contributed by atoms with E-state index in [1.807, 2.05) is 24.4 Å². The Morgan fingerprint density at radius 2 is 2.50 bits per heavy atom. The number of carboxylic acid groups (broad SMARTS) is 1. The number of hydrogen-bond acceptors (Lipinski definition) is 2. The van der Waals surface area contributed by atoms with Crippen LogP contribution in [0.5, 0.6) is 0 Å². The van der Waals surface area contributed by atoms with Crippen LogP contribution in [0.4, 0.5) is 0 Å². The van der Waals surface area contributed by atoms with Crippen LogP contribution < -0.4 is 0 Å². The van der Waals surface area contributed by atoms with Crippen molar-refractivity contribution in [3.63, 3.8) is 0 Å². The van der Waals surface area contributed by atoms with Crippen LogP contribution in [-0.2, 0) is 4.79 Å². The SMILES string of the molecule is CCC(=Cc1cccs1)C(=O)O. The van der Waals surface area contributed by atoms with Crippen molar-refractivity contribution < 1.29 is 9.90 Å².